The van der Waals surface area contributed by atoms with Gasteiger partial charge in [-0.25, -0.2) is 19.9 Å². The molecule has 2 aromatic rings. The lowest BCUT2D eigenvalue weighted by atomic mass is 10.3. The van der Waals surface area contributed by atoms with E-state index in [0.717, 1.165) is 11.4 Å². The maximum absolute atomic E-state index is 5.67. The van der Waals surface area contributed by atoms with Gasteiger partial charge in [0.1, 0.15) is 0 Å². The van der Waals surface area contributed by atoms with E-state index in [2.05, 4.69) is 32.6 Å². The van der Waals surface area contributed by atoms with E-state index in [-0.39, 0.29) is 0 Å². The third-order valence-corrected chi connectivity index (χ3v) is 2.16. The highest BCUT2D eigenvalue weighted by molar-refractivity contribution is 7.80. The van der Waals surface area contributed by atoms with Crippen molar-refractivity contribution in [3.63, 3.8) is 0 Å². The highest BCUT2D eigenvalue weighted by Gasteiger charge is 2.07. The number of thiol groups is 1. The fourth-order valence-corrected chi connectivity index (χ4v) is 1.32. The lowest BCUT2D eigenvalue weighted by Gasteiger charge is -2.03. The molecule has 2 N–H and O–H groups in total. The lowest BCUT2D eigenvalue weighted by Crippen LogP contribution is -2.02. The Balaban J connectivity index is 2.89. The summed E-state index contributed by atoms with van der Waals surface area (Å²) in [5.74, 6) is 0.315. The minimum Gasteiger partial charge on any atom is -0.382 e. The van der Waals surface area contributed by atoms with Crippen LogP contribution in [0.5, 0.6) is 0 Å². The maximum atomic E-state index is 5.67. The third kappa shape index (κ3) is 1.37. The molecule has 0 bridgehead atoms. The van der Waals surface area contributed by atoms with E-state index in [1.807, 2.05) is 13.8 Å². The Hall–Kier alpha value is -1.43. The molecular weight excluding hydrogens is 198 g/mol. The molecule has 0 saturated heterocycles. The lowest BCUT2D eigenvalue weighted by molar-refractivity contribution is 0.974. The van der Waals surface area contributed by atoms with Gasteiger partial charge in [0, 0.05) is 0 Å². The maximum Gasteiger partial charge on any atom is 0.188 e. The summed E-state index contributed by atoms with van der Waals surface area (Å²) in [7, 11) is 0. The molecule has 0 unspecified atom stereocenters. The third-order valence-electron chi connectivity index (χ3n) is 1.96. The van der Waals surface area contributed by atoms with Gasteiger partial charge in [-0.05, 0) is 13.8 Å². The molecule has 0 aliphatic carbocycles. The second-order valence-electron chi connectivity index (χ2n) is 2.98. The van der Waals surface area contributed by atoms with Crippen molar-refractivity contribution in [1.82, 2.24) is 19.9 Å². The van der Waals surface area contributed by atoms with E-state index in [1.165, 1.54) is 0 Å². The number of anilines is 1. The number of hydrogen-bond donors (Lipinski definition) is 2. The first-order valence-electron chi connectivity index (χ1n) is 4.05. The van der Waals surface area contributed by atoms with E-state index < -0.39 is 0 Å². The molecule has 0 fully saturated rings. The summed E-state index contributed by atoms with van der Waals surface area (Å²) in [6, 6.07) is 0. The van der Waals surface area contributed by atoms with Gasteiger partial charge in [0.05, 0.1) is 11.4 Å². The largest absolute Gasteiger partial charge is 0.382 e. The number of nitrogen functional groups attached to an aromatic ring is 1. The van der Waals surface area contributed by atoms with Gasteiger partial charge in [-0.1, -0.05) is 0 Å². The first-order valence-corrected chi connectivity index (χ1v) is 4.50. The van der Waals surface area contributed by atoms with Crippen molar-refractivity contribution in [3.05, 3.63) is 11.4 Å². The summed E-state index contributed by atoms with van der Waals surface area (Å²) in [6.45, 7) is 3.74. The van der Waals surface area contributed by atoms with Gasteiger partial charge in [0.15, 0.2) is 22.1 Å². The molecule has 0 radical (unpaired) electrons. The van der Waals surface area contributed by atoms with E-state index in [0.29, 0.717) is 22.1 Å². The van der Waals surface area contributed by atoms with Gasteiger partial charge in [0.2, 0.25) is 0 Å². The molecular formula is C8H9N5S. The number of rotatable bonds is 0. The van der Waals surface area contributed by atoms with Crippen LogP contribution in [0.15, 0.2) is 5.16 Å². The molecule has 0 atom stereocenters. The fourth-order valence-electron chi connectivity index (χ4n) is 1.12. The molecule has 6 heteroatoms. The minimum absolute atomic E-state index is 0.313. The molecule has 0 spiro atoms. The second-order valence-corrected chi connectivity index (χ2v) is 3.38. The van der Waals surface area contributed by atoms with Crippen molar-refractivity contribution < 1.29 is 0 Å². The Morgan fingerprint density at radius 2 is 1.64 bits per heavy atom. The summed E-state index contributed by atoms with van der Waals surface area (Å²) < 4.78 is 0. The van der Waals surface area contributed by atoms with Crippen LogP contribution in [0.3, 0.4) is 0 Å². The predicted octanol–water partition coefficient (Wildman–Crippen LogP) is 0.908. The summed E-state index contributed by atoms with van der Waals surface area (Å²) >= 11 is 4.02. The molecule has 14 heavy (non-hydrogen) atoms. The summed E-state index contributed by atoms with van der Waals surface area (Å²) in [5, 5.41) is 0.313. The van der Waals surface area contributed by atoms with Crippen LogP contribution in [0.1, 0.15) is 11.4 Å². The highest BCUT2D eigenvalue weighted by atomic mass is 32.1. The monoisotopic (exact) mass is 207 g/mol. The van der Waals surface area contributed by atoms with Crippen molar-refractivity contribution in [2.45, 2.75) is 19.0 Å². The van der Waals surface area contributed by atoms with Crippen molar-refractivity contribution in [2.24, 2.45) is 0 Å². The van der Waals surface area contributed by atoms with Crippen LogP contribution >= 0.6 is 12.6 Å². The molecule has 0 amide bonds. The summed E-state index contributed by atoms with van der Waals surface area (Å²) in [6.07, 6.45) is 0. The average Bonchev–Trinajstić information content (AvgIpc) is 2.08. The van der Waals surface area contributed by atoms with Crippen molar-refractivity contribution >= 4 is 29.6 Å². The van der Waals surface area contributed by atoms with Crippen LogP contribution < -0.4 is 5.73 Å². The Bertz CT molecular complexity index is 511. The smallest absolute Gasteiger partial charge is 0.188 e. The van der Waals surface area contributed by atoms with Gasteiger partial charge in [-0.15, -0.1) is 12.6 Å². The van der Waals surface area contributed by atoms with Crippen LogP contribution in [-0.2, 0) is 0 Å². The van der Waals surface area contributed by atoms with Crippen LogP contribution in [0.2, 0.25) is 0 Å². The summed E-state index contributed by atoms with van der Waals surface area (Å²) in [4.78, 5) is 16.5. The minimum atomic E-state index is 0.313. The molecule has 2 aromatic heterocycles. The Kier molecular flexibility index (Phi) is 1.99. The van der Waals surface area contributed by atoms with Crippen LogP contribution in [0.4, 0.5) is 5.82 Å². The highest BCUT2D eigenvalue weighted by Crippen LogP contribution is 2.16. The molecule has 0 aliphatic rings. The van der Waals surface area contributed by atoms with Crippen LogP contribution in [0.25, 0.3) is 11.2 Å². The molecule has 2 rings (SSSR count). The standard InChI is InChI=1S/C8H9N5S/c1-3-4(2)11-7-5(10-3)6(9)12-8(14)13-7/h1-2H3,(H3,9,11,12,13,14). The van der Waals surface area contributed by atoms with E-state index in [4.69, 9.17) is 5.73 Å². The predicted molar refractivity (Wildman–Crippen MR) is 56.3 cm³/mol. The van der Waals surface area contributed by atoms with Crippen molar-refractivity contribution in [1.29, 1.82) is 0 Å². The molecule has 0 saturated carbocycles. The summed E-state index contributed by atoms with van der Waals surface area (Å²) in [5.41, 5.74) is 8.37. The SMILES string of the molecule is Cc1nc2nc(S)nc(N)c2nc1C. The molecule has 72 valence electrons. The van der Waals surface area contributed by atoms with E-state index >= 15 is 0 Å². The molecule has 0 aliphatic heterocycles. The zero-order valence-corrected chi connectivity index (χ0v) is 8.71. The van der Waals surface area contributed by atoms with Gasteiger partial charge in [0.25, 0.3) is 0 Å². The van der Waals surface area contributed by atoms with E-state index in [1.54, 1.807) is 0 Å². The Labute approximate surface area is 86.2 Å². The quantitative estimate of drug-likeness (QED) is 0.496. The van der Waals surface area contributed by atoms with Gasteiger partial charge in [-0.2, -0.15) is 0 Å². The Morgan fingerprint density at radius 1 is 1.00 bits per heavy atom. The number of nitrogens with zero attached hydrogens (tertiary/aromatic N) is 4. The zero-order chi connectivity index (χ0) is 10.3. The normalized spacial score (nSPS) is 10.8. The van der Waals surface area contributed by atoms with Crippen molar-refractivity contribution in [3.8, 4) is 0 Å². The number of aromatic nitrogens is 4. The average molecular weight is 207 g/mol. The zero-order valence-electron chi connectivity index (χ0n) is 7.81. The molecule has 2 heterocycles. The topological polar surface area (TPSA) is 77.6 Å². The van der Waals surface area contributed by atoms with Crippen LogP contribution in [-0.4, -0.2) is 19.9 Å². The number of hydrogen-bond acceptors (Lipinski definition) is 6. The first kappa shape index (κ1) is 9.14. The molecule has 0 aromatic carbocycles. The number of aryl methyl sites for hydroxylation is 2. The van der Waals surface area contributed by atoms with Gasteiger partial charge < -0.3 is 5.73 Å². The Morgan fingerprint density at radius 3 is 2.36 bits per heavy atom. The van der Waals surface area contributed by atoms with Crippen molar-refractivity contribution in [2.75, 3.05) is 5.73 Å². The first-order chi connectivity index (χ1) is 6.58. The van der Waals surface area contributed by atoms with E-state index in [9.17, 15) is 0 Å². The number of nitrogens with two attached hydrogens (primary N) is 1. The fraction of sp³-hybridized carbons (Fsp3) is 0.250. The molecule has 5 nitrogen and oxygen atoms in total. The van der Waals surface area contributed by atoms with Gasteiger partial charge in [-0.3, -0.25) is 0 Å². The second kappa shape index (κ2) is 3.06. The van der Waals surface area contributed by atoms with Gasteiger partial charge >= 0.3 is 0 Å². The van der Waals surface area contributed by atoms with Crippen LogP contribution in [0, 0.1) is 13.8 Å². The number of fused-ring (bicyclic) bond motifs is 1.